The van der Waals surface area contributed by atoms with E-state index in [-0.39, 0.29) is 11.8 Å². The van der Waals surface area contributed by atoms with Gasteiger partial charge < -0.3 is 14.2 Å². The highest BCUT2D eigenvalue weighted by molar-refractivity contribution is 5.99. The molecular weight excluding hydrogens is 406 g/mol. The van der Waals surface area contributed by atoms with Gasteiger partial charge in [0, 0.05) is 62.4 Å². The molecule has 7 heteroatoms. The normalized spacial score (nSPS) is 19.0. The van der Waals surface area contributed by atoms with Crippen molar-refractivity contribution in [2.45, 2.75) is 44.9 Å². The van der Waals surface area contributed by atoms with Crippen molar-refractivity contribution in [3.63, 3.8) is 0 Å². The van der Waals surface area contributed by atoms with Crippen molar-refractivity contribution in [3.05, 3.63) is 35.0 Å². The molecule has 4 rings (SSSR count). The molecule has 7 nitrogen and oxygen atoms in total. The van der Waals surface area contributed by atoms with Crippen LogP contribution in [0.15, 0.2) is 18.2 Å². The van der Waals surface area contributed by atoms with Crippen LogP contribution in [0.4, 0.5) is 0 Å². The summed E-state index contributed by atoms with van der Waals surface area (Å²) in [6, 6.07) is 6.10. The zero-order valence-electron chi connectivity index (χ0n) is 19.5. The summed E-state index contributed by atoms with van der Waals surface area (Å²) >= 11 is 0. The minimum Gasteiger partial charge on any atom is -0.381 e. The molecule has 0 bridgehead atoms. The van der Waals surface area contributed by atoms with Gasteiger partial charge in [0.2, 0.25) is 5.91 Å². The maximum atomic E-state index is 13.1. The Balaban J connectivity index is 1.50. The van der Waals surface area contributed by atoms with E-state index >= 15 is 0 Å². The van der Waals surface area contributed by atoms with E-state index in [9.17, 15) is 9.59 Å². The van der Waals surface area contributed by atoms with E-state index in [0.29, 0.717) is 30.9 Å². The second-order valence-corrected chi connectivity index (χ2v) is 9.23. The van der Waals surface area contributed by atoms with Gasteiger partial charge in [0.05, 0.1) is 7.11 Å². The van der Waals surface area contributed by atoms with Crippen molar-refractivity contribution in [3.8, 4) is 0 Å². The van der Waals surface area contributed by atoms with E-state index < -0.39 is 0 Å². The second-order valence-electron chi connectivity index (χ2n) is 9.23. The predicted molar refractivity (Wildman–Crippen MR) is 123 cm³/mol. The van der Waals surface area contributed by atoms with Crippen LogP contribution in [-0.4, -0.2) is 55.2 Å². The van der Waals surface area contributed by atoms with Crippen LogP contribution in [0.2, 0.25) is 0 Å². The Kier molecular flexibility index (Phi) is 7.16. The minimum absolute atomic E-state index is 0.00607. The Morgan fingerprint density at radius 1 is 1.22 bits per heavy atom. The van der Waals surface area contributed by atoms with Gasteiger partial charge in [-0.25, -0.2) is 5.48 Å². The lowest BCUT2D eigenvalue weighted by Crippen LogP contribution is -2.29. The molecule has 2 aromatic rings. The molecule has 1 fully saturated rings. The number of aromatic nitrogens is 1. The topological polar surface area (TPSA) is 72.8 Å². The second kappa shape index (κ2) is 10.0. The number of hydrogen-bond acceptors (Lipinski definition) is 4. The van der Waals surface area contributed by atoms with Gasteiger partial charge in [-0.2, -0.15) is 0 Å². The smallest absolute Gasteiger partial charge is 0.253 e. The molecular formula is C25H35N3O4. The number of nitrogens with one attached hydrogen (secondary N) is 1. The number of ether oxygens (including phenoxy) is 1. The zero-order valence-corrected chi connectivity index (χ0v) is 19.5. The maximum Gasteiger partial charge on any atom is 0.253 e. The van der Waals surface area contributed by atoms with Gasteiger partial charge in [-0.1, -0.05) is 0 Å². The third-order valence-electron chi connectivity index (χ3n) is 7.29. The summed E-state index contributed by atoms with van der Waals surface area (Å²) in [4.78, 5) is 30.9. The Morgan fingerprint density at radius 2 is 2.00 bits per heavy atom. The SMILES string of the molecule is CONC(=O)CCCN(C)C(=O)c1ccc2c(c1)c1c(n2C)CC[C@@H](C2CCOCC2)C1. The third-order valence-corrected chi connectivity index (χ3v) is 7.29. The minimum atomic E-state index is -0.176. The molecule has 1 aliphatic carbocycles. The first-order valence-corrected chi connectivity index (χ1v) is 11.7. The van der Waals surface area contributed by atoms with Gasteiger partial charge in [0.15, 0.2) is 0 Å². The van der Waals surface area contributed by atoms with E-state index in [1.807, 2.05) is 6.07 Å². The van der Waals surface area contributed by atoms with Crippen LogP contribution in [0.25, 0.3) is 10.9 Å². The molecule has 1 aromatic heterocycles. The average Bonchev–Trinajstić information content (AvgIpc) is 3.10. The molecule has 0 unspecified atom stereocenters. The van der Waals surface area contributed by atoms with E-state index in [0.717, 1.165) is 32.0 Å². The maximum absolute atomic E-state index is 13.1. The van der Waals surface area contributed by atoms with Crippen molar-refractivity contribution in [1.29, 1.82) is 0 Å². The zero-order chi connectivity index (χ0) is 22.7. The van der Waals surface area contributed by atoms with E-state index in [2.05, 4.69) is 34.1 Å². The molecule has 0 spiro atoms. The quantitative estimate of drug-likeness (QED) is 0.670. The van der Waals surface area contributed by atoms with Crippen molar-refractivity contribution in [2.75, 3.05) is 33.9 Å². The standard InChI is InChI=1S/C25H35N3O4/c1-27(12-4-5-24(29)26-31-3)25(30)19-7-9-23-21(16-19)20-15-18(6-8-22(20)28(23)2)17-10-13-32-14-11-17/h7,9,16-18H,4-6,8,10-15H2,1-3H3,(H,26,29)/t18-/m1/s1. The van der Waals surface area contributed by atoms with Crippen molar-refractivity contribution in [2.24, 2.45) is 18.9 Å². The molecule has 174 valence electrons. The summed E-state index contributed by atoms with van der Waals surface area (Å²) in [5.41, 5.74) is 7.08. The van der Waals surface area contributed by atoms with Crippen LogP contribution >= 0.6 is 0 Å². The average molecular weight is 442 g/mol. The molecule has 1 N–H and O–H groups in total. The van der Waals surface area contributed by atoms with Crippen LogP contribution in [0.5, 0.6) is 0 Å². The van der Waals surface area contributed by atoms with E-state index in [1.54, 1.807) is 11.9 Å². The highest BCUT2D eigenvalue weighted by atomic mass is 16.6. The molecule has 32 heavy (non-hydrogen) atoms. The number of amides is 2. The van der Waals surface area contributed by atoms with Crippen molar-refractivity contribution < 1.29 is 19.2 Å². The summed E-state index contributed by atoms with van der Waals surface area (Å²) in [7, 11) is 5.36. The number of carbonyl (C=O) groups excluding carboxylic acids is 2. The number of hydroxylamine groups is 1. The van der Waals surface area contributed by atoms with Crippen LogP contribution in [0.1, 0.15) is 53.7 Å². The summed E-state index contributed by atoms with van der Waals surface area (Å²) in [6.45, 7) is 2.30. The molecule has 2 heterocycles. The Hall–Kier alpha value is -2.38. The van der Waals surface area contributed by atoms with Crippen molar-refractivity contribution >= 4 is 22.7 Å². The first-order valence-electron chi connectivity index (χ1n) is 11.7. The number of fused-ring (bicyclic) bond motifs is 3. The number of aryl methyl sites for hydroxylation is 1. The number of rotatable bonds is 7. The molecule has 2 aliphatic rings. The van der Waals surface area contributed by atoms with Gasteiger partial charge in [-0.05, 0) is 74.1 Å². The lowest BCUT2D eigenvalue weighted by molar-refractivity contribution is -0.131. The Labute approximate surface area is 190 Å². The number of benzene rings is 1. The highest BCUT2D eigenvalue weighted by Crippen LogP contribution is 2.39. The van der Waals surface area contributed by atoms with Gasteiger partial charge in [-0.3, -0.25) is 14.4 Å². The van der Waals surface area contributed by atoms with Crippen LogP contribution in [0, 0.1) is 11.8 Å². The predicted octanol–water partition coefficient (Wildman–Crippen LogP) is 3.24. The van der Waals surface area contributed by atoms with Crippen LogP contribution < -0.4 is 5.48 Å². The van der Waals surface area contributed by atoms with Crippen molar-refractivity contribution in [1.82, 2.24) is 14.9 Å². The first-order chi connectivity index (χ1) is 15.5. The molecule has 2 amide bonds. The van der Waals surface area contributed by atoms with Crippen LogP contribution in [0.3, 0.4) is 0 Å². The lowest BCUT2D eigenvalue weighted by atomic mass is 9.75. The Morgan fingerprint density at radius 3 is 2.75 bits per heavy atom. The summed E-state index contributed by atoms with van der Waals surface area (Å²) in [5.74, 6) is 1.27. The third kappa shape index (κ3) is 4.69. The molecule has 1 aliphatic heterocycles. The van der Waals surface area contributed by atoms with E-state index in [1.165, 1.54) is 48.5 Å². The van der Waals surface area contributed by atoms with E-state index in [4.69, 9.17) is 4.74 Å². The fraction of sp³-hybridized carbons (Fsp3) is 0.600. The molecule has 0 saturated carbocycles. The summed E-state index contributed by atoms with van der Waals surface area (Å²) in [5, 5.41) is 1.22. The largest absolute Gasteiger partial charge is 0.381 e. The fourth-order valence-corrected chi connectivity index (χ4v) is 5.49. The summed E-state index contributed by atoms with van der Waals surface area (Å²) < 4.78 is 7.89. The Bertz CT molecular complexity index is 977. The monoisotopic (exact) mass is 441 g/mol. The molecule has 0 radical (unpaired) electrons. The van der Waals surface area contributed by atoms with Gasteiger partial charge in [0.1, 0.15) is 0 Å². The van der Waals surface area contributed by atoms with Gasteiger partial charge in [-0.15, -0.1) is 0 Å². The number of hydrogen-bond donors (Lipinski definition) is 1. The first kappa shape index (κ1) is 22.8. The van der Waals surface area contributed by atoms with Gasteiger partial charge >= 0.3 is 0 Å². The van der Waals surface area contributed by atoms with Gasteiger partial charge in [0.25, 0.3) is 5.91 Å². The summed E-state index contributed by atoms with van der Waals surface area (Å²) in [6.07, 6.45) is 6.70. The highest BCUT2D eigenvalue weighted by Gasteiger charge is 2.31. The van der Waals surface area contributed by atoms with Crippen LogP contribution in [-0.2, 0) is 34.3 Å². The molecule has 1 atom stereocenters. The lowest BCUT2D eigenvalue weighted by Gasteiger charge is -2.33. The molecule has 1 aromatic carbocycles. The number of nitrogens with zero attached hydrogens (tertiary/aromatic N) is 2. The fourth-order valence-electron chi connectivity index (χ4n) is 5.49. The molecule has 1 saturated heterocycles. The number of carbonyl (C=O) groups is 2.